The van der Waals surface area contributed by atoms with E-state index in [0.717, 1.165) is 11.3 Å². The monoisotopic (exact) mass is 309 g/mol. The summed E-state index contributed by atoms with van der Waals surface area (Å²) >= 11 is 5.97. The summed E-state index contributed by atoms with van der Waals surface area (Å²) in [5.41, 5.74) is 0.440. The molecular weight excluding hydrogens is 290 g/mol. The average molecular weight is 310 g/mol. The van der Waals surface area contributed by atoms with Crippen molar-refractivity contribution >= 4 is 23.6 Å². The Hall–Kier alpha value is -1.52. The van der Waals surface area contributed by atoms with Crippen LogP contribution in [-0.2, 0) is 4.79 Å². The molecule has 0 aliphatic carbocycles. The molecule has 0 atom stereocenters. The second-order valence-electron chi connectivity index (χ2n) is 5.77. The predicted octanol–water partition coefficient (Wildman–Crippen LogP) is 2.74. The number of fused-ring (bicyclic) bond motifs is 1. The van der Waals surface area contributed by atoms with E-state index in [1.807, 2.05) is 6.92 Å². The molecule has 0 aromatic heterocycles. The first kappa shape index (κ1) is 15.9. The van der Waals surface area contributed by atoms with Crippen LogP contribution in [0.15, 0.2) is 23.8 Å². The van der Waals surface area contributed by atoms with Gasteiger partial charge >= 0.3 is 0 Å². The van der Waals surface area contributed by atoms with E-state index in [2.05, 4.69) is 0 Å². The summed E-state index contributed by atoms with van der Waals surface area (Å²) < 4.78 is 5.60. The van der Waals surface area contributed by atoms with Crippen LogP contribution in [0, 0.1) is 0 Å². The number of amides is 1. The summed E-state index contributed by atoms with van der Waals surface area (Å²) in [6.45, 7) is 6.30. The number of hydrogen-bond acceptors (Lipinski definition) is 3. The quantitative estimate of drug-likeness (QED) is 0.930. The number of carbonyl (C=O) groups is 1. The van der Waals surface area contributed by atoms with Crippen LogP contribution < -0.4 is 4.74 Å². The molecule has 21 heavy (non-hydrogen) atoms. The number of halogens is 1. The second kappa shape index (κ2) is 6.08. The molecule has 1 aromatic carbocycles. The average Bonchev–Trinajstić information content (AvgIpc) is 2.42. The molecule has 0 saturated carbocycles. The molecule has 0 radical (unpaired) electrons. The SMILES string of the molecule is CCN(CC(C)(C)O)C(=O)C1=Cc2cc(Cl)ccc2OC1. The number of benzene rings is 1. The van der Waals surface area contributed by atoms with E-state index in [0.29, 0.717) is 17.1 Å². The van der Waals surface area contributed by atoms with Crippen LogP contribution in [0.1, 0.15) is 26.3 Å². The van der Waals surface area contributed by atoms with Crippen LogP contribution in [0.2, 0.25) is 5.02 Å². The molecule has 1 aliphatic heterocycles. The summed E-state index contributed by atoms with van der Waals surface area (Å²) in [5.74, 6) is 0.603. The Balaban J connectivity index is 2.23. The van der Waals surface area contributed by atoms with Gasteiger partial charge in [-0.3, -0.25) is 4.79 Å². The molecule has 2 rings (SSSR count). The Labute approximate surface area is 130 Å². The van der Waals surface area contributed by atoms with E-state index in [4.69, 9.17) is 16.3 Å². The van der Waals surface area contributed by atoms with Crippen LogP contribution in [0.5, 0.6) is 5.75 Å². The first-order chi connectivity index (χ1) is 9.80. The number of rotatable bonds is 4. The van der Waals surface area contributed by atoms with Gasteiger partial charge in [-0.15, -0.1) is 0 Å². The van der Waals surface area contributed by atoms with Gasteiger partial charge in [0.05, 0.1) is 11.2 Å². The van der Waals surface area contributed by atoms with Crippen LogP contribution >= 0.6 is 11.6 Å². The molecule has 1 aromatic rings. The minimum absolute atomic E-state index is 0.120. The Kier molecular flexibility index (Phi) is 4.59. The Morgan fingerprint density at radius 3 is 2.81 bits per heavy atom. The fraction of sp³-hybridized carbons (Fsp3) is 0.438. The highest BCUT2D eigenvalue weighted by atomic mass is 35.5. The maximum Gasteiger partial charge on any atom is 0.253 e. The summed E-state index contributed by atoms with van der Waals surface area (Å²) in [7, 11) is 0. The summed E-state index contributed by atoms with van der Waals surface area (Å²) in [6.07, 6.45) is 1.81. The third-order valence-corrected chi connectivity index (χ3v) is 3.44. The molecular formula is C16H20ClNO3. The van der Waals surface area contributed by atoms with Gasteiger partial charge in [-0.2, -0.15) is 0 Å². The maximum absolute atomic E-state index is 12.5. The van der Waals surface area contributed by atoms with Crippen molar-refractivity contribution in [2.45, 2.75) is 26.4 Å². The number of hydrogen-bond donors (Lipinski definition) is 1. The van der Waals surface area contributed by atoms with Crippen LogP contribution in [0.3, 0.4) is 0 Å². The van der Waals surface area contributed by atoms with Gasteiger partial charge in [0.2, 0.25) is 0 Å². The third kappa shape index (κ3) is 3.99. The van der Waals surface area contributed by atoms with Gasteiger partial charge in [-0.05, 0) is 45.0 Å². The summed E-state index contributed by atoms with van der Waals surface area (Å²) in [5, 5.41) is 10.5. The lowest BCUT2D eigenvalue weighted by Gasteiger charge is -2.29. The fourth-order valence-electron chi connectivity index (χ4n) is 2.27. The zero-order chi connectivity index (χ0) is 15.6. The molecule has 1 N–H and O–H groups in total. The van der Waals surface area contributed by atoms with E-state index in [1.165, 1.54) is 0 Å². The Morgan fingerprint density at radius 2 is 2.19 bits per heavy atom. The first-order valence-corrected chi connectivity index (χ1v) is 7.32. The van der Waals surface area contributed by atoms with Crippen LogP contribution in [0.25, 0.3) is 6.08 Å². The summed E-state index contributed by atoms with van der Waals surface area (Å²) in [6, 6.07) is 5.33. The van der Waals surface area contributed by atoms with Crippen molar-refractivity contribution in [2.75, 3.05) is 19.7 Å². The van der Waals surface area contributed by atoms with E-state index >= 15 is 0 Å². The lowest BCUT2D eigenvalue weighted by atomic mass is 10.0. The number of nitrogens with zero attached hydrogens (tertiary/aromatic N) is 1. The number of aliphatic hydroxyl groups is 1. The second-order valence-corrected chi connectivity index (χ2v) is 6.21. The Bertz CT molecular complexity index is 575. The van der Waals surface area contributed by atoms with Crippen molar-refractivity contribution in [1.82, 2.24) is 4.90 Å². The predicted molar refractivity (Wildman–Crippen MR) is 83.5 cm³/mol. The molecule has 0 fully saturated rings. The van der Waals surface area contributed by atoms with Crippen molar-refractivity contribution in [1.29, 1.82) is 0 Å². The van der Waals surface area contributed by atoms with Gasteiger partial charge in [-0.25, -0.2) is 0 Å². The third-order valence-electron chi connectivity index (χ3n) is 3.21. The molecule has 0 spiro atoms. The maximum atomic E-state index is 12.5. The molecule has 0 bridgehead atoms. The standard InChI is InChI=1S/C16H20ClNO3/c1-4-18(10-16(2,3)20)15(19)12-7-11-8-13(17)5-6-14(11)21-9-12/h5-8,20H,4,9-10H2,1-3H3. The highest BCUT2D eigenvalue weighted by Gasteiger charge is 2.25. The minimum Gasteiger partial charge on any atom is -0.488 e. The molecule has 0 unspecified atom stereocenters. The smallest absolute Gasteiger partial charge is 0.253 e. The van der Waals surface area contributed by atoms with E-state index in [1.54, 1.807) is 43.0 Å². The van der Waals surface area contributed by atoms with Gasteiger partial charge in [0.25, 0.3) is 5.91 Å². The Morgan fingerprint density at radius 1 is 1.48 bits per heavy atom. The minimum atomic E-state index is -0.928. The lowest BCUT2D eigenvalue weighted by Crippen LogP contribution is -2.43. The lowest BCUT2D eigenvalue weighted by molar-refractivity contribution is -0.130. The van der Waals surface area contributed by atoms with Crippen molar-refractivity contribution < 1.29 is 14.6 Å². The van der Waals surface area contributed by atoms with Gasteiger partial charge in [-0.1, -0.05) is 11.6 Å². The van der Waals surface area contributed by atoms with Crippen molar-refractivity contribution in [3.63, 3.8) is 0 Å². The van der Waals surface area contributed by atoms with E-state index in [-0.39, 0.29) is 19.1 Å². The number of likely N-dealkylation sites (N-methyl/N-ethyl adjacent to an activating group) is 1. The highest BCUT2D eigenvalue weighted by Crippen LogP contribution is 2.29. The summed E-state index contributed by atoms with van der Waals surface area (Å²) in [4.78, 5) is 14.2. The van der Waals surface area contributed by atoms with Gasteiger partial charge in [0.15, 0.2) is 0 Å². The normalized spacial score (nSPS) is 14.0. The van der Waals surface area contributed by atoms with Crippen LogP contribution in [0.4, 0.5) is 0 Å². The molecule has 4 nitrogen and oxygen atoms in total. The molecule has 5 heteroatoms. The number of carbonyl (C=O) groups excluding carboxylic acids is 1. The largest absolute Gasteiger partial charge is 0.488 e. The van der Waals surface area contributed by atoms with E-state index < -0.39 is 5.60 Å². The van der Waals surface area contributed by atoms with Crippen molar-refractivity contribution in [3.8, 4) is 5.75 Å². The molecule has 1 heterocycles. The van der Waals surface area contributed by atoms with Crippen molar-refractivity contribution in [3.05, 3.63) is 34.4 Å². The topological polar surface area (TPSA) is 49.8 Å². The zero-order valence-electron chi connectivity index (χ0n) is 12.5. The van der Waals surface area contributed by atoms with Gasteiger partial charge in [0, 0.05) is 23.7 Å². The first-order valence-electron chi connectivity index (χ1n) is 6.95. The highest BCUT2D eigenvalue weighted by molar-refractivity contribution is 6.30. The molecule has 1 aliphatic rings. The number of ether oxygens (including phenoxy) is 1. The van der Waals surface area contributed by atoms with Crippen LogP contribution in [-0.4, -0.2) is 41.2 Å². The fourth-order valence-corrected chi connectivity index (χ4v) is 2.45. The van der Waals surface area contributed by atoms with Gasteiger partial charge < -0.3 is 14.7 Å². The van der Waals surface area contributed by atoms with Gasteiger partial charge in [0.1, 0.15) is 12.4 Å². The van der Waals surface area contributed by atoms with E-state index in [9.17, 15) is 9.90 Å². The zero-order valence-corrected chi connectivity index (χ0v) is 13.3. The molecule has 0 saturated heterocycles. The molecule has 114 valence electrons. The van der Waals surface area contributed by atoms with Crippen molar-refractivity contribution in [2.24, 2.45) is 0 Å². The molecule has 1 amide bonds.